The third kappa shape index (κ3) is 4.27. The SMILES string of the molecule is COc1cc(N2CCN(C3CCC(Cc4csc5ccccc45)CC3)CC2)c2ncccc2c1. The fraction of sp³-hybridized carbons (Fsp3) is 0.414. The van der Waals surface area contributed by atoms with Crippen LogP contribution in [-0.4, -0.2) is 49.2 Å². The number of hydrogen-bond acceptors (Lipinski definition) is 5. The van der Waals surface area contributed by atoms with Crippen molar-refractivity contribution in [1.82, 2.24) is 9.88 Å². The van der Waals surface area contributed by atoms with Gasteiger partial charge in [-0.15, -0.1) is 11.3 Å². The van der Waals surface area contributed by atoms with Gasteiger partial charge in [0.25, 0.3) is 0 Å². The smallest absolute Gasteiger partial charge is 0.121 e. The Balaban J connectivity index is 1.06. The molecule has 0 bridgehead atoms. The van der Waals surface area contributed by atoms with Gasteiger partial charge in [0.05, 0.1) is 18.3 Å². The molecule has 2 aromatic carbocycles. The highest BCUT2D eigenvalue weighted by atomic mass is 32.1. The topological polar surface area (TPSA) is 28.6 Å². The molecular formula is C29H33N3OS. The Hall–Kier alpha value is -2.63. The maximum atomic E-state index is 5.58. The molecule has 0 radical (unpaired) electrons. The number of pyridine rings is 1. The molecule has 0 unspecified atom stereocenters. The molecule has 2 aromatic heterocycles. The molecule has 2 aliphatic rings. The second-order valence-corrected chi connectivity index (χ2v) is 10.8. The molecule has 3 heterocycles. The van der Waals surface area contributed by atoms with Crippen molar-refractivity contribution in [2.45, 2.75) is 38.1 Å². The molecule has 0 spiro atoms. The molecule has 6 rings (SSSR count). The molecule has 1 saturated carbocycles. The van der Waals surface area contributed by atoms with Crippen LogP contribution in [0.2, 0.25) is 0 Å². The largest absolute Gasteiger partial charge is 0.497 e. The van der Waals surface area contributed by atoms with Crippen molar-refractivity contribution < 1.29 is 4.74 Å². The van der Waals surface area contributed by atoms with Gasteiger partial charge in [0, 0.05) is 54.6 Å². The minimum Gasteiger partial charge on any atom is -0.497 e. The number of nitrogens with zero attached hydrogens (tertiary/aromatic N) is 3. The summed E-state index contributed by atoms with van der Waals surface area (Å²) in [5.74, 6) is 1.75. The van der Waals surface area contributed by atoms with E-state index in [-0.39, 0.29) is 0 Å². The van der Waals surface area contributed by atoms with Crippen LogP contribution < -0.4 is 9.64 Å². The molecular weight excluding hydrogens is 438 g/mol. The first kappa shape index (κ1) is 21.9. The summed E-state index contributed by atoms with van der Waals surface area (Å²) in [4.78, 5) is 9.94. The molecule has 0 amide bonds. The van der Waals surface area contributed by atoms with Crippen LogP contribution in [0.3, 0.4) is 0 Å². The fourth-order valence-corrected chi connectivity index (χ4v) is 7.02. The standard InChI is InChI=1S/C29H33N3OS/c1-33-25-18-22-5-4-12-30-29(22)27(19-25)32-15-13-31(14-16-32)24-10-8-21(9-11-24)17-23-20-34-28-7-3-2-6-26(23)28/h2-7,12,18-21,24H,8-11,13-17H2,1H3. The monoisotopic (exact) mass is 471 g/mol. The summed E-state index contributed by atoms with van der Waals surface area (Å²) in [6, 6.07) is 18.0. The van der Waals surface area contributed by atoms with Crippen molar-refractivity contribution in [3.63, 3.8) is 0 Å². The predicted molar refractivity (Wildman–Crippen MR) is 143 cm³/mol. The van der Waals surface area contributed by atoms with Crippen molar-refractivity contribution >= 4 is 38.0 Å². The van der Waals surface area contributed by atoms with Crippen LogP contribution in [0.1, 0.15) is 31.2 Å². The number of methoxy groups -OCH3 is 1. The van der Waals surface area contributed by atoms with Crippen molar-refractivity contribution in [3.8, 4) is 5.75 Å². The summed E-state index contributed by atoms with van der Waals surface area (Å²) in [6.45, 7) is 4.38. The predicted octanol–water partition coefficient (Wildman–Crippen LogP) is 6.38. The van der Waals surface area contributed by atoms with Gasteiger partial charge in [-0.05, 0) is 72.6 Å². The summed E-state index contributed by atoms with van der Waals surface area (Å²) < 4.78 is 7.01. The van der Waals surface area contributed by atoms with Crippen molar-refractivity contribution in [2.24, 2.45) is 5.92 Å². The highest BCUT2D eigenvalue weighted by molar-refractivity contribution is 7.17. The van der Waals surface area contributed by atoms with Gasteiger partial charge in [-0.25, -0.2) is 0 Å². The Morgan fingerprint density at radius 1 is 0.971 bits per heavy atom. The lowest BCUT2D eigenvalue weighted by atomic mass is 9.81. The zero-order valence-electron chi connectivity index (χ0n) is 20.0. The Morgan fingerprint density at radius 3 is 2.62 bits per heavy atom. The van der Waals surface area contributed by atoms with E-state index < -0.39 is 0 Å². The second kappa shape index (κ2) is 9.55. The number of anilines is 1. The van der Waals surface area contributed by atoms with E-state index >= 15 is 0 Å². The minimum absolute atomic E-state index is 0.748. The molecule has 2 fully saturated rings. The number of ether oxygens (including phenoxy) is 1. The molecule has 0 N–H and O–H groups in total. The molecule has 1 saturated heterocycles. The average Bonchev–Trinajstić information content (AvgIpc) is 3.31. The molecule has 176 valence electrons. The van der Waals surface area contributed by atoms with Crippen LogP contribution in [0.5, 0.6) is 5.75 Å². The zero-order valence-corrected chi connectivity index (χ0v) is 20.8. The number of hydrogen-bond donors (Lipinski definition) is 0. The van der Waals surface area contributed by atoms with Gasteiger partial charge in [-0.3, -0.25) is 9.88 Å². The first-order valence-corrected chi connectivity index (χ1v) is 13.5. The summed E-state index contributed by atoms with van der Waals surface area (Å²) >= 11 is 1.90. The summed E-state index contributed by atoms with van der Waals surface area (Å²) in [5.41, 5.74) is 3.86. The van der Waals surface area contributed by atoms with Crippen molar-refractivity contribution in [1.29, 1.82) is 0 Å². The molecule has 1 aliphatic heterocycles. The van der Waals surface area contributed by atoms with Gasteiger partial charge in [0.1, 0.15) is 5.75 Å². The van der Waals surface area contributed by atoms with E-state index in [0.717, 1.165) is 54.8 Å². The van der Waals surface area contributed by atoms with Gasteiger partial charge in [0.15, 0.2) is 0 Å². The lowest BCUT2D eigenvalue weighted by Gasteiger charge is -2.42. The number of thiophene rings is 1. The summed E-state index contributed by atoms with van der Waals surface area (Å²) in [7, 11) is 1.75. The summed E-state index contributed by atoms with van der Waals surface area (Å²) in [5, 5.41) is 5.02. The van der Waals surface area contributed by atoms with E-state index in [9.17, 15) is 0 Å². The van der Waals surface area contributed by atoms with E-state index in [1.807, 2.05) is 23.6 Å². The van der Waals surface area contributed by atoms with E-state index in [1.54, 1.807) is 12.7 Å². The van der Waals surface area contributed by atoms with E-state index in [2.05, 4.69) is 62.6 Å². The molecule has 1 aliphatic carbocycles. The van der Waals surface area contributed by atoms with Crippen LogP contribution in [-0.2, 0) is 6.42 Å². The molecule has 4 aromatic rings. The third-order valence-corrected chi connectivity index (χ3v) is 8.96. The van der Waals surface area contributed by atoms with Crippen LogP contribution >= 0.6 is 11.3 Å². The first-order valence-electron chi connectivity index (χ1n) is 12.7. The van der Waals surface area contributed by atoms with Gasteiger partial charge in [0.2, 0.25) is 0 Å². The number of fused-ring (bicyclic) bond motifs is 2. The second-order valence-electron chi connectivity index (χ2n) is 9.88. The maximum absolute atomic E-state index is 5.58. The van der Waals surface area contributed by atoms with Crippen LogP contribution in [0, 0.1) is 5.92 Å². The Bertz CT molecular complexity index is 1270. The molecule has 4 nitrogen and oxygen atoms in total. The van der Waals surface area contributed by atoms with Crippen LogP contribution in [0.15, 0.2) is 60.1 Å². The van der Waals surface area contributed by atoms with Gasteiger partial charge >= 0.3 is 0 Å². The molecule has 34 heavy (non-hydrogen) atoms. The minimum atomic E-state index is 0.748. The average molecular weight is 472 g/mol. The maximum Gasteiger partial charge on any atom is 0.121 e. The number of benzene rings is 2. The van der Waals surface area contributed by atoms with Crippen LogP contribution in [0.25, 0.3) is 21.0 Å². The summed E-state index contributed by atoms with van der Waals surface area (Å²) in [6.07, 6.45) is 8.55. The highest BCUT2D eigenvalue weighted by Crippen LogP contribution is 2.35. The van der Waals surface area contributed by atoms with Crippen molar-refractivity contribution in [2.75, 3.05) is 38.2 Å². The number of piperazine rings is 1. The first-order chi connectivity index (χ1) is 16.8. The highest BCUT2D eigenvalue weighted by Gasteiger charge is 2.29. The van der Waals surface area contributed by atoms with Crippen molar-refractivity contribution in [3.05, 3.63) is 65.7 Å². The Labute approximate surface area is 206 Å². The fourth-order valence-electron chi connectivity index (χ4n) is 6.05. The van der Waals surface area contributed by atoms with E-state index in [0.29, 0.717) is 0 Å². The van der Waals surface area contributed by atoms with E-state index in [1.165, 1.54) is 47.9 Å². The normalized spacial score (nSPS) is 21.9. The zero-order chi connectivity index (χ0) is 22.9. The van der Waals surface area contributed by atoms with Gasteiger partial charge < -0.3 is 9.64 Å². The van der Waals surface area contributed by atoms with Crippen LogP contribution in [0.4, 0.5) is 5.69 Å². The number of aromatic nitrogens is 1. The quantitative estimate of drug-likeness (QED) is 0.338. The molecule has 5 heteroatoms. The molecule has 0 atom stereocenters. The van der Waals surface area contributed by atoms with E-state index in [4.69, 9.17) is 4.74 Å². The Kier molecular flexibility index (Phi) is 6.15. The third-order valence-electron chi connectivity index (χ3n) is 7.95. The van der Waals surface area contributed by atoms with Gasteiger partial charge in [-0.2, -0.15) is 0 Å². The lowest BCUT2D eigenvalue weighted by Crippen LogP contribution is -2.51. The Morgan fingerprint density at radius 2 is 1.79 bits per heavy atom. The lowest BCUT2D eigenvalue weighted by molar-refractivity contribution is 0.129. The van der Waals surface area contributed by atoms with Gasteiger partial charge in [-0.1, -0.05) is 24.3 Å². The number of rotatable bonds is 5.